The molecule has 0 aliphatic heterocycles. The molecule has 0 spiro atoms. The monoisotopic (exact) mass is 391 g/mol. The fourth-order valence-corrected chi connectivity index (χ4v) is 2.52. The van der Waals surface area contributed by atoms with E-state index < -0.39 is 17.6 Å². The van der Waals surface area contributed by atoms with E-state index in [1.165, 1.54) is 30.9 Å². The number of rotatable bonds is 5. The van der Waals surface area contributed by atoms with Gasteiger partial charge in [-0.05, 0) is 23.8 Å². The Balaban J connectivity index is 1.69. The molecule has 0 bridgehead atoms. The molecule has 2 aromatic heterocycles. The van der Waals surface area contributed by atoms with Gasteiger partial charge in [-0.15, -0.1) is 0 Å². The molecular formula is C18H16F3N5O2. The first kappa shape index (κ1) is 19.4. The molecule has 0 aliphatic carbocycles. The summed E-state index contributed by atoms with van der Waals surface area (Å²) < 4.78 is 39.9. The van der Waals surface area contributed by atoms with Crippen molar-refractivity contribution >= 4 is 17.4 Å². The molecule has 0 saturated heterocycles. The summed E-state index contributed by atoms with van der Waals surface area (Å²) >= 11 is 0. The number of benzene rings is 1. The van der Waals surface area contributed by atoms with Crippen LogP contribution in [0.1, 0.15) is 27.2 Å². The van der Waals surface area contributed by atoms with Crippen molar-refractivity contribution in [3.63, 3.8) is 0 Å². The zero-order valence-electron chi connectivity index (χ0n) is 14.4. The number of nitrogens with two attached hydrogens (primary N) is 1. The number of nitrogens with zero attached hydrogens (tertiary/aromatic N) is 3. The van der Waals surface area contributed by atoms with E-state index in [0.717, 1.165) is 12.1 Å². The number of hydrogen-bond acceptors (Lipinski definition) is 5. The smallest absolute Gasteiger partial charge is 0.397 e. The van der Waals surface area contributed by atoms with Gasteiger partial charge in [0.15, 0.2) is 5.82 Å². The van der Waals surface area contributed by atoms with E-state index in [9.17, 15) is 18.0 Å². The van der Waals surface area contributed by atoms with E-state index in [1.807, 2.05) is 0 Å². The van der Waals surface area contributed by atoms with Gasteiger partial charge in [0, 0.05) is 18.9 Å². The number of amides is 1. The molecule has 0 radical (unpaired) electrons. The molecule has 3 rings (SSSR count). The van der Waals surface area contributed by atoms with Gasteiger partial charge in [0.25, 0.3) is 5.91 Å². The van der Waals surface area contributed by atoms with Gasteiger partial charge in [0.2, 0.25) is 0 Å². The number of nitrogen functional groups attached to an aromatic ring is 1. The molecule has 0 saturated carbocycles. The van der Waals surface area contributed by atoms with Gasteiger partial charge in [-0.25, -0.2) is 4.98 Å². The third kappa shape index (κ3) is 4.46. The Bertz CT molecular complexity index is 1000. The Kier molecular flexibility index (Phi) is 5.32. The second kappa shape index (κ2) is 7.69. The molecule has 0 unspecified atom stereocenters. The molecule has 1 aromatic carbocycles. The summed E-state index contributed by atoms with van der Waals surface area (Å²) in [4.78, 5) is 20.2. The Labute approximate surface area is 157 Å². The lowest BCUT2D eigenvalue weighted by Gasteiger charge is -2.09. The van der Waals surface area contributed by atoms with Crippen LogP contribution in [0.5, 0.6) is 0 Å². The van der Waals surface area contributed by atoms with E-state index in [2.05, 4.69) is 15.3 Å². The van der Waals surface area contributed by atoms with Crippen molar-refractivity contribution in [1.82, 2.24) is 14.5 Å². The van der Waals surface area contributed by atoms with E-state index in [0.29, 0.717) is 5.56 Å². The minimum Gasteiger partial charge on any atom is -0.397 e. The van der Waals surface area contributed by atoms with Crippen LogP contribution >= 0.6 is 0 Å². The van der Waals surface area contributed by atoms with Crippen LogP contribution < -0.4 is 11.1 Å². The van der Waals surface area contributed by atoms with Crippen LogP contribution in [0.3, 0.4) is 0 Å². The molecule has 146 valence electrons. The van der Waals surface area contributed by atoms with Crippen molar-refractivity contribution in [1.29, 1.82) is 0 Å². The van der Waals surface area contributed by atoms with E-state index >= 15 is 0 Å². The Morgan fingerprint density at radius 2 is 2.04 bits per heavy atom. The number of hydrogen-bond donors (Lipinski definition) is 3. The Morgan fingerprint density at radius 1 is 1.25 bits per heavy atom. The van der Waals surface area contributed by atoms with Crippen molar-refractivity contribution in [3.05, 3.63) is 71.4 Å². The summed E-state index contributed by atoms with van der Waals surface area (Å²) in [7, 11) is 0. The molecule has 10 heteroatoms. The molecule has 7 nitrogen and oxygen atoms in total. The maximum atomic E-state index is 12.8. The topological polar surface area (TPSA) is 106 Å². The van der Waals surface area contributed by atoms with Crippen molar-refractivity contribution < 1.29 is 23.1 Å². The predicted molar refractivity (Wildman–Crippen MR) is 95.3 cm³/mol. The largest absolute Gasteiger partial charge is 0.416 e. The van der Waals surface area contributed by atoms with Crippen LogP contribution in [0, 0.1) is 0 Å². The predicted octanol–water partition coefficient (Wildman–Crippen LogP) is 2.67. The minimum absolute atomic E-state index is 0.159. The second-order valence-corrected chi connectivity index (χ2v) is 6.00. The highest BCUT2D eigenvalue weighted by Gasteiger charge is 2.30. The minimum atomic E-state index is -4.41. The fraction of sp³-hybridized carbons (Fsp3) is 0.167. The molecule has 0 aliphatic rings. The van der Waals surface area contributed by atoms with Gasteiger partial charge < -0.3 is 20.7 Å². The highest BCUT2D eigenvalue weighted by atomic mass is 19.4. The number of nitrogens with one attached hydrogen (secondary N) is 1. The average molecular weight is 391 g/mol. The van der Waals surface area contributed by atoms with Crippen molar-refractivity contribution in [3.8, 4) is 0 Å². The first-order valence-corrected chi connectivity index (χ1v) is 8.11. The number of imidazole rings is 1. The zero-order valence-corrected chi connectivity index (χ0v) is 14.4. The number of alkyl halides is 3. The quantitative estimate of drug-likeness (QED) is 0.620. The number of halogens is 3. The fourth-order valence-electron chi connectivity index (χ4n) is 2.52. The third-order valence-corrected chi connectivity index (χ3v) is 3.91. The lowest BCUT2D eigenvalue weighted by Crippen LogP contribution is -2.13. The second-order valence-electron chi connectivity index (χ2n) is 6.00. The zero-order chi connectivity index (χ0) is 20.3. The van der Waals surface area contributed by atoms with Gasteiger partial charge in [-0.1, -0.05) is 12.1 Å². The third-order valence-electron chi connectivity index (χ3n) is 3.91. The van der Waals surface area contributed by atoms with Crippen LogP contribution in [-0.4, -0.2) is 25.5 Å². The maximum Gasteiger partial charge on any atom is 0.416 e. The van der Waals surface area contributed by atoms with Gasteiger partial charge in [0.1, 0.15) is 0 Å². The number of anilines is 2. The summed E-state index contributed by atoms with van der Waals surface area (Å²) in [6, 6.07) is 6.36. The van der Waals surface area contributed by atoms with Crippen LogP contribution in [0.25, 0.3) is 0 Å². The molecule has 3 aromatic rings. The summed E-state index contributed by atoms with van der Waals surface area (Å²) in [5.74, 6) is -0.283. The maximum absolute atomic E-state index is 12.8. The first-order valence-electron chi connectivity index (χ1n) is 8.11. The van der Waals surface area contributed by atoms with Crippen molar-refractivity contribution in [2.24, 2.45) is 0 Å². The first-order chi connectivity index (χ1) is 13.3. The molecule has 0 fully saturated rings. The van der Waals surface area contributed by atoms with Crippen LogP contribution in [0.2, 0.25) is 0 Å². The molecule has 0 atom stereocenters. The standard InChI is InChI=1S/C18H16F3N5O2/c19-18(20,21)13-3-1-2-11(4-13)7-26-8-16(24-10-26)25-17(28)12-5-14(22)15(9-27)23-6-12/h1-6,8,10,27H,7,9,22H2,(H,25,28). The summed E-state index contributed by atoms with van der Waals surface area (Å²) in [6.45, 7) is -0.180. The molecule has 2 heterocycles. The highest BCUT2D eigenvalue weighted by Crippen LogP contribution is 2.29. The van der Waals surface area contributed by atoms with Gasteiger partial charge in [-0.3, -0.25) is 9.78 Å². The SMILES string of the molecule is Nc1cc(C(=O)Nc2cn(Cc3cccc(C(F)(F)F)c3)cn2)cnc1CO. The Hall–Kier alpha value is -3.40. The molecule has 28 heavy (non-hydrogen) atoms. The van der Waals surface area contributed by atoms with Crippen molar-refractivity contribution in [2.45, 2.75) is 19.3 Å². The van der Waals surface area contributed by atoms with Gasteiger partial charge in [-0.2, -0.15) is 13.2 Å². The number of aromatic nitrogens is 3. The number of carbonyl (C=O) groups excluding carboxylic acids is 1. The number of aliphatic hydroxyl groups is 1. The summed E-state index contributed by atoms with van der Waals surface area (Å²) in [5.41, 5.74) is 6.05. The number of carbonyl (C=O) groups is 1. The molecule has 1 amide bonds. The summed E-state index contributed by atoms with van der Waals surface area (Å²) in [5, 5.41) is 11.6. The van der Waals surface area contributed by atoms with E-state index in [1.54, 1.807) is 10.6 Å². The summed E-state index contributed by atoms with van der Waals surface area (Å²) in [6.07, 6.45) is -0.239. The normalized spacial score (nSPS) is 11.4. The van der Waals surface area contributed by atoms with E-state index in [-0.39, 0.29) is 35.9 Å². The van der Waals surface area contributed by atoms with Gasteiger partial charge in [0.05, 0.1) is 35.4 Å². The number of pyridine rings is 1. The lowest BCUT2D eigenvalue weighted by molar-refractivity contribution is -0.137. The lowest BCUT2D eigenvalue weighted by atomic mass is 10.1. The molecular weight excluding hydrogens is 375 g/mol. The van der Waals surface area contributed by atoms with Crippen LogP contribution in [-0.2, 0) is 19.3 Å². The Morgan fingerprint density at radius 3 is 2.71 bits per heavy atom. The van der Waals surface area contributed by atoms with Gasteiger partial charge >= 0.3 is 6.18 Å². The van der Waals surface area contributed by atoms with Crippen LogP contribution in [0.15, 0.2) is 49.1 Å². The molecule has 4 N–H and O–H groups in total. The number of aliphatic hydroxyl groups excluding tert-OH is 1. The van der Waals surface area contributed by atoms with E-state index in [4.69, 9.17) is 10.8 Å². The highest BCUT2D eigenvalue weighted by molar-refractivity contribution is 6.04. The average Bonchev–Trinajstić information content (AvgIpc) is 3.08. The van der Waals surface area contributed by atoms with Crippen molar-refractivity contribution in [2.75, 3.05) is 11.1 Å². The van der Waals surface area contributed by atoms with Crippen LogP contribution in [0.4, 0.5) is 24.7 Å².